The quantitative estimate of drug-likeness (QED) is 0.333. The summed E-state index contributed by atoms with van der Waals surface area (Å²) in [5.74, 6) is -0.00493. The van der Waals surface area contributed by atoms with Crippen LogP contribution in [0.15, 0.2) is 65.1 Å². The summed E-state index contributed by atoms with van der Waals surface area (Å²) in [6.45, 7) is 1.81. The fraction of sp³-hybridized carbons (Fsp3) is 0.190. The number of hydrogen-bond acceptors (Lipinski definition) is 7. The molecule has 0 atom stereocenters. The number of alkyl halides is 3. The maximum absolute atomic E-state index is 13.1. The highest BCUT2D eigenvalue weighted by Gasteiger charge is 2.31. The number of benzene rings is 2. The Hall–Kier alpha value is -3.25. The Labute approximate surface area is 195 Å². The molecule has 1 amide bonds. The first-order valence-corrected chi connectivity index (χ1v) is 11.5. The number of hydrogen-bond donors (Lipinski definition) is 0. The Bertz CT molecular complexity index is 1240. The molecule has 33 heavy (non-hydrogen) atoms. The molecule has 2 aromatic heterocycles. The van der Waals surface area contributed by atoms with Gasteiger partial charge in [0, 0.05) is 18.1 Å². The molecule has 0 aliphatic heterocycles. The number of aromatic nitrogens is 5. The number of tetrazole rings is 1. The van der Waals surface area contributed by atoms with Crippen LogP contribution in [0.2, 0.25) is 0 Å². The molecule has 170 valence electrons. The van der Waals surface area contributed by atoms with Gasteiger partial charge in [0.2, 0.25) is 11.1 Å². The summed E-state index contributed by atoms with van der Waals surface area (Å²) in [5.41, 5.74) is 0.995. The number of thiazole rings is 1. The van der Waals surface area contributed by atoms with Crippen molar-refractivity contribution in [1.82, 2.24) is 25.2 Å². The number of amides is 1. The summed E-state index contributed by atoms with van der Waals surface area (Å²) in [4.78, 5) is 17.9. The average molecular weight is 491 g/mol. The number of carbonyl (C=O) groups excluding carboxylic acids is 1. The van der Waals surface area contributed by atoms with Crippen molar-refractivity contribution in [3.05, 3.63) is 76.8 Å². The van der Waals surface area contributed by atoms with Gasteiger partial charge in [0.05, 0.1) is 23.5 Å². The van der Waals surface area contributed by atoms with Gasteiger partial charge in [-0.1, -0.05) is 48.2 Å². The van der Waals surface area contributed by atoms with Gasteiger partial charge in [-0.05, 0) is 34.2 Å². The Morgan fingerprint density at radius 2 is 1.94 bits per heavy atom. The lowest BCUT2D eigenvalue weighted by Gasteiger charge is -2.19. The molecule has 0 N–H and O–H groups in total. The number of thioether (sulfide) groups is 1. The predicted octanol–water partition coefficient (Wildman–Crippen LogP) is 5.17. The second-order valence-corrected chi connectivity index (χ2v) is 8.70. The molecule has 12 heteroatoms. The van der Waals surface area contributed by atoms with E-state index in [0.717, 1.165) is 17.7 Å². The van der Waals surface area contributed by atoms with Crippen LogP contribution in [0, 0.1) is 0 Å². The van der Waals surface area contributed by atoms with E-state index in [4.69, 9.17) is 0 Å². The van der Waals surface area contributed by atoms with E-state index in [9.17, 15) is 18.0 Å². The van der Waals surface area contributed by atoms with E-state index in [1.54, 1.807) is 10.1 Å². The molecule has 4 aromatic rings. The summed E-state index contributed by atoms with van der Waals surface area (Å²) in [7, 11) is 0. The standard InChI is InChI=1S/C21H17F3N6OS2/c1-14(31)30(18-9-5-8-16(10-18)21(22,23)24)19-25-17(12-32-19)13-33-20-26-27-28-29(20)11-15-6-3-2-4-7-15/h2-10,12H,11,13H2,1H3. The topological polar surface area (TPSA) is 76.8 Å². The molecule has 2 heterocycles. The first-order chi connectivity index (χ1) is 15.8. The third kappa shape index (κ3) is 5.57. The molecule has 4 rings (SSSR count). The lowest BCUT2D eigenvalue weighted by atomic mass is 10.2. The van der Waals surface area contributed by atoms with E-state index >= 15 is 0 Å². The number of nitrogens with zero attached hydrogens (tertiary/aromatic N) is 6. The van der Waals surface area contributed by atoms with Gasteiger partial charge < -0.3 is 0 Å². The van der Waals surface area contributed by atoms with Crippen LogP contribution in [0.5, 0.6) is 0 Å². The molecule has 2 aromatic carbocycles. The summed E-state index contributed by atoms with van der Waals surface area (Å²) < 4.78 is 41.0. The van der Waals surface area contributed by atoms with Crippen LogP contribution in [-0.4, -0.2) is 31.1 Å². The minimum atomic E-state index is -4.51. The second kappa shape index (κ2) is 9.71. The van der Waals surface area contributed by atoms with Gasteiger partial charge in [-0.15, -0.1) is 16.4 Å². The molecule has 0 radical (unpaired) electrons. The molecule has 0 aliphatic rings. The van der Waals surface area contributed by atoms with Crippen LogP contribution in [0.4, 0.5) is 24.0 Å². The number of halogens is 3. The summed E-state index contributed by atoms with van der Waals surface area (Å²) in [6.07, 6.45) is -4.51. The highest BCUT2D eigenvalue weighted by molar-refractivity contribution is 7.98. The lowest BCUT2D eigenvalue weighted by Crippen LogP contribution is -2.23. The van der Waals surface area contributed by atoms with E-state index < -0.39 is 17.6 Å². The monoisotopic (exact) mass is 490 g/mol. The van der Waals surface area contributed by atoms with Gasteiger partial charge in [0.1, 0.15) is 0 Å². The molecule has 0 fully saturated rings. The van der Waals surface area contributed by atoms with Gasteiger partial charge in [-0.3, -0.25) is 9.69 Å². The maximum Gasteiger partial charge on any atom is 0.416 e. The SMILES string of the molecule is CC(=O)N(c1cccc(C(F)(F)F)c1)c1nc(CSc2nnnn2Cc2ccccc2)cs1. The summed E-state index contributed by atoms with van der Waals surface area (Å²) in [6, 6.07) is 14.4. The molecule has 0 saturated heterocycles. The summed E-state index contributed by atoms with van der Waals surface area (Å²) in [5, 5.41) is 14.5. The molecular formula is C21H17F3N6OS2. The highest BCUT2D eigenvalue weighted by Crippen LogP contribution is 2.35. The van der Waals surface area contributed by atoms with Gasteiger partial charge in [-0.2, -0.15) is 13.2 Å². The molecule has 0 unspecified atom stereocenters. The molecule has 0 bridgehead atoms. The third-order valence-electron chi connectivity index (χ3n) is 4.50. The zero-order valence-corrected chi connectivity index (χ0v) is 18.9. The fourth-order valence-electron chi connectivity index (χ4n) is 3.01. The predicted molar refractivity (Wildman–Crippen MR) is 119 cm³/mol. The number of rotatable bonds is 7. The van der Waals surface area contributed by atoms with Crippen molar-refractivity contribution in [2.24, 2.45) is 0 Å². The van der Waals surface area contributed by atoms with E-state index in [2.05, 4.69) is 20.5 Å². The van der Waals surface area contributed by atoms with Crippen molar-refractivity contribution in [2.75, 3.05) is 4.90 Å². The second-order valence-electron chi connectivity index (χ2n) is 6.92. The Morgan fingerprint density at radius 1 is 1.15 bits per heavy atom. The first kappa shape index (κ1) is 22.9. The van der Waals surface area contributed by atoms with Crippen molar-refractivity contribution in [2.45, 2.75) is 30.6 Å². The van der Waals surface area contributed by atoms with E-state index in [-0.39, 0.29) is 5.69 Å². The Morgan fingerprint density at radius 3 is 2.67 bits per heavy atom. The Balaban J connectivity index is 1.49. The van der Waals surface area contributed by atoms with E-state index in [1.165, 1.54) is 47.1 Å². The summed E-state index contributed by atoms with van der Waals surface area (Å²) >= 11 is 2.56. The largest absolute Gasteiger partial charge is 0.416 e. The number of anilines is 2. The molecule has 0 saturated carbocycles. The molecule has 0 spiro atoms. The van der Waals surface area contributed by atoms with Crippen LogP contribution >= 0.6 is 23.1 Å². The van der Waals surface area contributed by atoms with Gasteiger partial charge >= 0.3 is 6.18 Å². The first-order valence-electron chi connectivity index (χ1n) is 9.66. The lowest BCUT2D eigenvalue weighted by molar-refractivity contribution is -0.137. The van der Waals surface area contributed by atoms with Crippen LogP contribution in [0.1, 0.15) is 23.7 Å². The minimum absolute atomic E-state index is 0.109. The van der Waals surface area contributed by atoms with Crippen molar-refractivity contribution in [3.8, 4) is 0 Å². The van der Waals surface area contributed by atoms with E-state index in [1.807, 2.05) is 30.3 Å². The van der Waals surface area contributed by atoms with Crippen molar-refractivity contribution in [3.63, 3.8) is 0 Å². The molecular weight excluding hydrogens is 473 g/mol. The van der Waals surface area contributed by atoms with E-state index in [0.29, 0.717) is 28.3 Å². The maximum atomic E-state index is 13.1. The smallest absolute Gasteiger partial charge is 0.274 e. The van der Waals surface area contributed by atoms with Crippen molar-refractivity contribution in [1.29, 1.82) is 0 Å². The zero-order chi connectivity index (χ0) is 23.4. The molecule has 0 aliphatic carbocycles. The van der Waals surface area contributed by atoms with Crippen LogP contribution in [0.3, 0.4) is 0 Å². The normalized spacial score (nSPS) is 11.5. The Kier molecular flexibility index (Phi) is 6.75. The highest BCUT2D eigenvalue weighted by atomic mass is 32.2. The minimum Gasteiger partial charge on any atom is -0.274 e. The average Bonchev–Trinajstić information content (AvgIpc) is 3.42. The van der Waals surface area contributed by atoms with Crippen molar-refractivity contribution >= 4 is 39.8 Å². The van der Waals surface area contributed by atoms with Crippen LogP contribution in [-0.2, 0) is 23.3 Å². The van der Waals surface area contributed by atoms with Gasteiger partial charge in [-0.25, -0.2) is 9.67 Å². The third-order valence-corrected chi connectivity index (χ3v) is 6.37. The number of carbonyl (C=O) groups is 1. The van der Waals surface area contributed by atoms with Gasteiger partial charge in [0.25, 0.3) is 0 Å². The van der Waals surface area contributed by atoms with Crippen LogP contribution in [0.25, 0.3) is 0 Å². The fourth-order valence-corrected chi connectivity index (χ4v) is 4.77. The van der Waals surface area contributed by atoms with Crippen molar-refractivity contribution < 1.29 is 18.0 Å². The van der Waals surface area contributed by atoms with Crippen LogP contribution < -0.4 is 4.90 Å². The molecule has 7 nitrogen and oxygen atoms in total. The van der Waals surface area contributed by atoms with Gasteiger partial charge in [0.15, 0.2) is 5.13 Å². The zero-order valence-electron chi connectivity index (χ0n) is 17.2.